The molecule has 2 aromatic carbocycles. The summed E-state index contributed by atoms with van der Waals surface area (Å²) >= 11 is 0. The minimum absolute atomic E-state index is 0.0726. The van der Waals surface area contributed by atoms with Gasteiger partial charge in [-0.15, -0.1) is 0 Å². The van der Waals surface area contributed by atoms with Crippen molar-refractivity contribution in [2.45, 2.75) is 20.8 Å². The van der Waals surface area contributed by atoms with Crippen LogP contribution in [-0.4, -0.2) is 10.5 Å². The number of nitrogens with one attached hydrogen (secondary N) is 1. The summed E-state index contributed by atoms with van der Waals surface area (Å²) in [6.07, 6.45) is 0. The van der Waals surface area contributed by atoms with Gasteiger partial charge in [0.1, 0.15) is 5.82 Å². The lowest BCUT2D eigenvalue weighted by atomic mass is 10.0. The number of amides is 1. The molecule has 0 spiro atoms. The smallest absolute Gasteiger partial charge is 0.228 e. The third-order valence-corrected chi connectivity index (χ3v) is 4.42. The highest BCUT2D eigenvalue weighted by atomic mass is 16.2. The monoisotopic (exact) mass is 334 g/mol. The van der Waals surface area contributed by atoms with Gasteiger partial charge in [-0.05, 0) is 24.6 Å². The molecule has 0 bridgehead atoms. The number of hydrogen-bond acceptors (Lipinski definition) is 2. The van der Waals surface area contributed by atoms with Gasteiger partial charge in [-0.25, -0.2) is 0 Å². The first kappa shape index (κ1) is 17.0. The SMILES string of the molecule is Cc1ccc(-c2c(NC(=O)C(C)C)n(C)c3ccccc3c2=O)cc1. The summed E-state index contributed by atoms with van der Waals surface area (Å²) < 4.78 is 1.88. The summed E-state index contributed by atoms with van der Waals surface area (Å²) in [6.45, 7) is 5.67. The summed E-state index contributed by atoms with van der Waals surface area (Å²) in [7, 11) is 1.87. The first-order chi connectivity index (χ1) is 11.9. The van der Waals surface area contributed by atoms with Crippen LogP contribution in [0.25, 0.3) is 22.0 Å². The molecule has 1 heterocycles. The lowest BCUT2D eigenvalue weighted by molar-refractivity contribution is -0.118. The number of para-hydroxylation sites is 1. The van der Waals surface area contributed by atoms with Crippen LogP contribution in [0.3, 0.4) is 0 Å². The molecule has 4 nitrogen and oxygen atoms in total. The second-order valence-electron chi connectivity index (χ2n) is 6.64. The molecule has 128 valence electrons. The van der Waals surface area contributed by atoms with E-state index >= 15 is 0 Å². The van der Waals surface area contributed by atoms with E-state index in [0.717, 1.165) is 16.6 Å². The number of hydrogen-bond donors (Lipinski definition) is 1. The van der Waals surface area contributed by atoms with E-state index in [1.54, 1.807) is 0 Å². The molecule has 4 heteroatoms. The summed E-state index contributed by atoms with van der Waals surface area (Å²) in [5.74, 6) is 0.248. The van der Waals surface area contributed by atoms with Gasteiger partial charge in [0.15, 0.2) is 5.43 Å². The number of benzene rings is 2. The van der Waals surface area contributed by atoms with Crippen molar-refractivity contribution in [3.05, 3.63) is 64.3 Å². The summed E-state index contributed by atoms with van der Waals surface area (Å²) in [4.78, 5) is 25.5. The van der Waals surface area contributed by atoms with E-state index in [9.17, 15) is 9.59 Å². The maximum atomic E-state index is 13.2. The molecule has 0 aliphatic rings. The van der Waals surface area contributed by atoms with Crippen LogP contribution in [0.5, 0.6) is 0 Å². The van der Waals surface area contributed by atoms with Crippen molar-refractivity contribution in [2.24, 2.45) is 13.0 Å². The zero-order valence-electron chi connectivity index (χ0n) is 15.0. The topological polar surface area (TPSA) is 51.1 Å². The number of carbonyl (C=O) groups excluding carboxylic acids is 1. The molecule has 1 aromatic heterocycles. The standard InChI is InChI=1S/C21H22N2O2/c1-13(2)21(25)22-20-18(15-11-9-14(3)10-12-15)19(24)16-7-5-6-8-17(16)23(20)4/h5-13H,1-4H3,(H,22,25). The molecule has 0 saturated heterocycles. The average molecular weight is 334 g/mol. The normalized spacial score (nSPS) is 11.1. The predicted octanol–water partition coefficient (Wildman–Crippen LogP) is 4.11. The Morgan fingerprint density at radius 2 is 1.68 bits per heavy atom. The van der Waals surface area contributed by atoms with Gasteiger partial charge >= 0.3 is 0 Å². The molecule has 3 aromatic rings. The maximum Gasteiger partial charge on any atom is 0.228 e. The molecule has 1 N–H and O–H groups in total. The lowest BCUT2D eigenvalue weighted by Crippen LogP contribution is -2.24. The van der Waals surface area contributed by atoms with Crippen LogP contribution in [0, 0.1) is 12.8 Å². The van der Waals surface area contributed by atoms with Gasteiger partial charge in [-0.3, -0.25) is 9.59 Å². The fourth-order valence-corrected chi connectivity index (χ4v) is 2.88. The predicted molar refractivity (Wildman–Crippen MR) is 103 cm³/mol. The summed E-state index contributed by atoms with van der Waals surface area (Å²) in [5.41, 5.74) is 3.17. The second kappa shape index (κ2) is 6.55. The third-order valence-electron chi connectivity index (χ3n) is 4.42. The Kier molecular flexibility index (Phi) is 4.45. The maximum absolute atomic E-state index is 13.2. The third kappa shape index (κ3) is 3.07. The van der Waals surface area contributed by atoms with Crippen molar-refractivity contribution >= 4 is 22.6 Å². The van der Waals surface area contributed by atoms with Crippen LogP contribution < -0.4 is 10.7 Å². The van der Waals surface area contributed by atoms with Crippen LogP contribution in [0.2, 0.25) is 0 Å². The van der Waals surface area contributed by atoms with Crippen LogP contribution in [0.4, 0.5) is 5.82 Å². The van der Waals surface area contributed by atoms with E-state index in [4.69, 9.17) is 0 Å². The Labute approximate surface area is 147 Å². The number of rotatable bonds is 3. The number of aromatic nitrogens is 1. The fourth-order valence-electron chi connectivity index (χ4n) is 2.88. The Morgan fingerprint density at radius 3 is 2.32 bits per heavy atom. The molecule has 0 fully saturated rings. The highest BCUT2D eigenvalue weighted by Crippen LogP contribution is 2.28. The number of nitrogens with zero attached hydrogens (tertiary/aromatic N) is 1. The molecule has 0 atom stereocenters. The van der Waals surface area contributed by atoms with Gasteiger partial charge in [-0.1, -0.05) is 55.8 Å². The summed E-state index contributed by atoms with van der Waals surface area (Å²) in [6, 6.07) is 15.2. The first-order valence-electron chi connectivity index (χ1n) is 8.39. The molecule has 0 saturated carbocycles. The number of pyridine rings is 1. The lowest BCUT2D eigenvalue weighted by Gasteiger charge is -2.19. The Morgan fingerprint density at radius 1 is 1.04 bits per heavy atom. The van der Waals surface area contributed by atoms with Crippen molar-refractivity contribution < 1.29 is 4.79 Å². The van der Waals surface area contributed by atoms with Gasteiger partial charge in [0.05, 0.1) is 11.1 Å². The van der Waals surface area contributed by atoms with E-state index in [1.165, 1.54) is 0 Å². The van der Waals surface area contributed by atoms with E-state index in [2.05, 4.69) is 5.32 Å². The highest BCUT2D eigenvalue weighted by Gasteiger charge is 2.19. The zero-order chi connectivity index (χ0) is 18.1. The van der Waals surface area contributed by atoms with Gasteiger partial charge < -0.3 is 9.88 Å². The Hall–Kier alpha value is -2.88. The fraction of sp³-hybridized carbons (Fsp3) is 0.238. The van der Waals surface area contributed by atoms with Crippen molar-refractivity contribution in [2.75, 3.05) is 5.32 Å². The Balaban J connectivity index is 2.35. The molecule has 25 heavy (non-hydrogen) atoms. The molecular weight excluding hydrogens is 312 g/mol. The Bertz CT molecular complexity index is 999. The number of anilines is 1. The van der Waals surface area contributed by atoms with Crippen molar-refractivity contribution in [1.82, 2.24) is 4.57 Å². The van der Waals surface area contributed by atoms with Gasteiger partial charge in [-0.2, -0.15) is 0 Å². The van der Waals surface area contributed by atoms with Crippen molar-refractivity contribution in [3.63, 3.8) is 0 Å². The quantitative estimate of drug-likeness (QED) is 0.784. The number of aryl methyl sites for hydroxylation is 2. The van der Waals surface area contributed by atoms with E-state index in [-0.39, 0.29) is 17.3 Å². The van der Waals surface area contributed by atoms with Crippen LogP contribution in [0.15, 0.2) is 53.3 Å². The number of fused-ring (bicyclic) bond motifs is 1. The molecular formula is C21H22N2O2. The molecule has 0 unspecified atom stereocenters. The summed E-state index contributed by atoms with van der Waals surface area (Å²) in [5, 5.41) is 3.59. The molecule has 0 radical (unpaired) electrons. The second-order valence-corrected chi connectivity index (χ2v) is 6.64. The molecule has 0 aliphatic heterocycles. The largest absolute Gasteiger partial charge is 0.330 e. The van der Waals surface area contributed by atoms with Crippen molar-refractivity contribution in [3.8, 4) is 11.1 Å². The first-order valence-corrected chi connectivity index (χ1v) is 8.39. The van der Waals surface area contributed by atoms with Gasteiger partial charge in [0.25, 0.3) is 0 Å². The van der Waals surface area contributed by atoms with Gasteiger partial charge in [0.2, 0.25) is 5.91 Å². The van der Waals surface area contributed by atoms with Crippen LogP contribution in [0.1, 0.15) is 19.4 Å². The van der Waals surface area contributed by atoms with Crippen LogP contribution >= 0.6 is 0 Å². The van der Waals surface area contributed by atoms with Gasteiger partial charge in [0, 0.05) is 18.4 Å². The highest BCUT2D eigenvalue weighted by molar-refractivity contribution is 5.98. The van der Waals surface area contributed by atoms with E-state index in [0.29, 0.717) is 16.8 Å². The molecule has 0 aliphatic carbocycles. The van der Waals surface area contributed by atoms with E-state index < -0.39 is 0 Å². The number of carbonyl (C=O) groups is 1. The minimum atomic E-state index is -0.174. The zero-order valence-corrected chi connectivity index (χ0v) is 15.0. The van der Waals surface area contributed by atoms with Crippen LogP contribution in [-0.2, 0) is 11.8 Å². The average Bonchev–Trinajstić information content (AvgIpc) is 2.60. The van der Waals surface area contributed by atoms with Crippen molar-refractivity contribution in [1.29, 1.82) is 0 Å². The minimum Gasteiger partial charge on any atom is -0.330 e. The van der Waals surface area contributed by atoms with E-state index in [1.807, 2.05) is 80.9 Å². The molecule has 1 amide bonds. The molecule has 3 rings (SSSR count).